The van der Waals surface area contributed by atoms with Gasteiger partial charge in [0.15, 0.2) is 0 Å². The van der Waals surface area contributed by atoms with E-state index < -0.39 is 36.0 Å². The number of carbonyl (C=O) groups is 5. The zero-order chi connectivity index (χ0) is 31.7. The molecule has 11 nitrogen and oxygen atoms in total. The zero-order valence-corrected chi connectivity index (χ0v) is 24.7. The van der Waals surface area contributed by atoms with Gasteiger partial charge in [-0.3, -0.25) is 9.59 Å². The molecule has 2 atom stereocenters. The number of alkyl carbamates (subject to hydrolysis) is 1. The Labute approximate surface area is 256 Å². The number of rotatable bonds is 15. The zero-order valence-electron chi connectivity index (χ0n) is 24.7. The van der Waals surface area contributed by atoms with Crippen molar-refractivity contribution in [3.63, 3.8) is 0 Å². The molecule has 11 heteroatoms. The first-order chi connectivity index (χ1) is 21.2. The Balaban J connectivity index is 1.54. The van der Waals surface area contributed by atoms with Crippen molar-refractivity contribution in [3.8, 4) is 0 Å². The number of methoxy groups -OCH3 is 1. The summed E-state index contributed by atoms with van der Waals surface area (Å²) in [5, 5.41) is 7.80. The van der Waals surface area contributed by atoms with Gasteiger partial charge in [0.25, 0.3) is 0 Å². The van der Waals surface area contributed by atoms with E-state index in [1.165, 1.54) is 14.0 Å². The van der Waals surface area contributed by atoms with E-state index in [9.17, 15) is 24.0 Å². The number of esters is 2. The van der Waals surface area contributed by atoms with E-state index in [2.05, 4.69) is 16.0 Å². The van der Waals surface area contributed by atoms with Gasteiger partial charge in [-0.2, -0.15) is 0 Å². The van der Waals surface area contributed by atoms with Crippen molar-refractivity contribution < 1.29 is 38.2 Å². The lowest BCUT2D eigenvalue weighted by atomic mass is 9.99. The minimum absolute atomic E-state index is 0.00768. The summed E-state index contributed by atoms with van der Waals surface area (Å²) in [5.41, 5.74) is 3.06. The SMILES string of the molecule is COC(=O)[C@H](Cc1cccc(C[C@H](NC(C)=O)C(=O)OCc2ccccc2)c1)NC(=O)CCNC(=O)OCc1ccccc1. The van der Waals surface area contributed by atoms with Crippen molar-refractivity contribution in [3.05, 3.63) is 107 Å². The molecule has 3 N–H and O–H groups in total. The Morgan fingerprint density at radius 2 is 1.18 bits per heavy atom. The van der Waals surface area contributed by atoms with Gasteiger partial charge in [0.05, 0.1) is 7.11 Å². The predicted molar refractivity (Wildman–Crippen MR) is 161 cm³/mol. The largest absolute Gasteiger partial charge is 0.467 e. The average Bonchev–Trinajstić information content (AvgIpc) is 3.02. The molecule has 3 rings (SSSR count). The number of ether oxygens (including phenoxy) is 3. The summed E-state index contributed by atoms with van der Waals surface area (Å²) in [7, 11) is 1.22. The van der Waals surface area contributed by atoms with Crippen molar-refractivity contribution in [1.29, 1.82) is 0 Å². The maximum Gasteiger partial charge on any atom is 0.407 e. The van der Waals surface area contributed by atoms with Crippen molar-refractivity contribution in [1.82, 2.24) is 16.0 Å². The third-order valence-corrected chi connectivity index (χ3v) is 6.41. The molecule has 0 fully saturated rings. The van der Waals surface area contributed by atoms with E-state index in [4.69, 9.17) is 14.2 Å². The Bertz CT molecular complexity index is 1400. The highest BCUT2D eigenvalue weighted by atomic mass is 16.5. The molecular weight excluding hydrogens is 566 g/mol. The van der Waals surface area contributed by atoms with Crippen LogP contribution in [0.5, 0.6) is 0 Å². The molecule has 3 aromatic rings. The molecule has 0 spiro atoms. The van der Waals surface area contributed by atoms with E-state index in [1.807, 2.05) is 60.7 Å². The summed E-state index contributed by atoms with van der Waals surface area (Å²) in [4.78, 5) is 61.6. The second-order valence-electron chi connectivity index (χ2n) is 9.96. The fourth-order valence-corrected chi connectivity index (χ4v) is 4.28. The van der Waals surface area contributed by atoms with E-state index in [-0.39, 0.29) is 44.9 Å². The first kappa shape index (κ1) is 33.3. The molecule has 3 aromatic carbocycles. The van der Waals surface area contributed by atoms with E-state index in [0.717, 1.165) is 11.1 Å². The van der Waals surface area contributed by atoms with Crippen LogP contribution in [0.1, 0.15) is 35.6 Å². The van der Waals surface area contributed by atoms with E-state index in [1.54, 1.807) is 24.3 Å². The fourth-order valence-electron chi connectivity index (χ4n) is 4.28. The number of hydrogen-bond donors (Lipinski definition) is 3. The quantitative estimate of drug-likeness (QED) is 0.177. The lowest BCUT2D eigenvalue weighted by molar-refractivity contribution is -0.149. The first-order valence-electron chi connectivity index (χ1n) is 14.1. The van der Waals surface area contributed by atoms with Crippen LogP contribution in [0.3, 0.4) is 0 Å². The Hall–Kier alpha value is -5.19. The minimum Gasteiger partial charge on any atom is -0.467 e. The fraction of sp³-hybridized carbons (Fsp3) is 0.303. The molecule has 0 saturated carbocycles. The molecule has 232 valence electrons. The number of nitrogens with one attached hydrogen (secondary N) is 3. The smallest absolute Gasteiger partial charge is 0.407 e. The van der Waals surface area contributed by atoms with Crippen molar-refractivity contribution >= 4 is 29.8 Å². The molecule has 0 unspecified atom stereocenters. The van der Waals surface area contributed by atoms with Gasteiger partial charge in [0.1, 0.15) is 25.3 Å². The van der Waals surface area contributed by atoms with E-state index >= 15 is 0 Å². The van der Waals surface area contributed by atoms with Crippen LogP contribution in [0, 0.1) is 0 Å². The molecule has 0 saturated heterocycles. The topological polar surface area (TPSA) is 149 Å². The van der Waals surface area contributed by atoms with Crippen LogP contribution in [0.4, 0.5) is 4.79 Å². The average molecular weight is 604 g/mol. The number of carbonyl (C=O) groups excluding carboxylic acids is 5. The highest BCUT2D eigenvalue weighted by Gasteiger charge is 2.24. The Morgan fingerprint density at radius 1 is 0.659 bits per heavy atom. The lowest BCUT2D eigenvalue weighted by Crippen LogP contribution is -2.44. The van der Waals surface area contributed by atoms with Crippen LogP contribution in [0.15, 0.2) is 84.9 Å². The number of benzene rings is 3. The highest BCUT2D eigenvalue weighted by Crippen LogP contribution is 2.13. The molecule has 3 amide bonds. The maximum absolute atomic E-state index is 12.8. The Kier molecular flexibility index (Phi) is 13.4. The second kappa shape index (κ2) is 17.7. The molecule has 0 bridgehead atoms. The van der Waals surface area contributed by atoms with Crippen molar-refractivity contribution in [2.75, 3.05) is 13.7 Å². The van der Waals surface area contributed by atoms with Gasteiger partial charge >= 0.3 is 18.0 Å². The summed E-state index contributed by atoms with van der Waals surface area (Å²) in [5.74, 6) is -2.06. The molecule has 0 aliphatic rings. The number of amides is 3. The molecule has 0 radical (unpaired) electrons. The van der Waals surface area contributed by atoms with Crippen LogP contribution in [0.2, 0.25) is 0 Å². The van der Waals surface area contributed by atoms with Gasteiger partial charge in [-0.1, -0.05) is 84.9 Å². The van der Waals surface area contributed by atoms with Crippen LogP contribution in [-0.2, 0) is 59.4 Å². The minimum atomic E-state index is -0.991. The van der Waals surface area contributed by atoms with Crippen LogP contribution >= 0.6 is 0 Å². The molecular formula is C33H37N3O8. The van der Waals surface area contributed by atoms with Gasteiger partial charge in [-0.25, -0.2) is 14.4 Å². The van der Waals surface area contributed by atoms with Crippen LogP contribution in [-0.4, -0.2) is 55.6 Å². The maximum atomic E-state index is 12.8. The monoisotopic (exact) mass is 603 g/mol. The van der Waals surface area contributed by atoms with Gasteiger partial charge in [0, 0.05) is 32.7 Å². The highest BCUT2D eigenvalue weighted by molar-refractivity contribution is 5.85. The molecule has 0 aromatic heterocycles. The van der Waals surface area contributed by atoms with Gasteiger partial charge < -0.3 is 30.2 Å². The van der Waals surface area contributed by atoms with Crippen molar-refractivity contribution in [2.45, 2.75) is 51.5 Å². The summed E-state index contributed by atoms with van der Waals surface area (Å²) in [6, 6.07) is 23.6. The lowest BCUT2D eigenvalue weighted by Gasteiger charge is -2.19. The van der Waals surface area contributed by atoms with Crippen LogP contribution < -0.4 is 16.0 Å². The summed E-state index contributed by atoms with van der Waals surface area (Å²) < 4.78 is 15.4. The van der Waals surface area contributed by atoms with E-state index in [0.29, 0.717) is 11.1 Å². The molecule has 0 heterocycles. The Morgan fingerprint density at radius 3 is 1.73 bits per heavy atom. The second-order valence-corrected chi connectivity index (χ2v) is 9.96. The molecule has 0 aliphatic heterocycles. The third kappa shape index (κ3) is 12.0. The summed E-state index contributed by atoms with van der Waals surface area (Å²) >= 11 is 0. The molecule has 0 aliphatic carbocycles. The van der Waals surface area contributed by atoms with Crippen LogP contribution in [0.25, 0.3) is 0 Å². The normalized spacial score (nSPS) is 11.8. The predicted octanol–water partition coefficient (Wildman–Crippen LogP) is 2.99. The third-order valence-electron chi connectivity index (χ3n) is 6.41. The summed E-state index contributed by atoms with van der Waals surface area (Å²) in [6.45, 7) is 1.50. The van der Waals surface area contributed by atoms with Gasteiger partial charge in [0.2, 0.25) is 11.8 Å². The van der Waals surface area contributed by atoms with Gasteiger partial charge in [-0.15, -0.1) is 0 Å². The number of hydrogen-bond acceptors (Lipinski definition) is 8. The molecule has 44 heavy (non-hydrogen) atoms. The standard InChI is InChI=1S/C33H37N3O8/c1-23(37)35-29(32(40)43-21-24-10-5-3-6-11-24)20-27-15-9-14-26(18-27)19-28(31(39)42-2)36-30(38)16-17-34-33(41)44-22-25-12-7-4-8-13-25/h3-15,18,28-29H,16-17,19-22H2,1-2H3,(H,34,41)(H,35,37)(H,36,38)/t28-,29-/m0/s1. The summed E-state index contributed by atoms with van der Waals surface area (Å²) in [6.07, 6.45) is -0.480. The first-order valence-corrected chi connectivity index (χ1v) is 14.1. The van der Waals surface area contributed by atoms with Gasteiger partial charge in [-0.05, 0) is 22.3 Å². The van der Waals surface area contributed by atoms with Crippen molar-refractivity contribution in [2.24, 2.45) is 0 Å².